The van der Waals surface area contributed by atoms with Gasteiger partial charge in [0.1, 0.15) is 0 Å². The van der Waals surface area contributed by atoms with Crippen LogP contribution in [0, 0.1) is 6.92 Å². The Morgan fingerprint density at radius 3 is 1.41 bits per heavy atom. The summed E-state index contributed by atoms with van der Waals surface area (Å²) in [5.74, 6) is -46.9. The molecule has 0 saturated heterocycles. The molecule has 1 aromatic rings. The lowest BCUT2D eigenvalue weighted by molar-refractivity contribution is -0.453. The van der Waals surface area contributed by atoms with Crippen LogP contribution in [0.15, 0.2) is 24.3 Å². The summed E-state index contributed by atoms with van der Waals surface area (Å²) in [4.78, 5) is 0. The fourth-order valence-corrected chi connectivity index (χ4v) is 2.44. The van der Waals surface area contributed by atoms with Crippen molar-refractivity contribution in [1.29, 1.82) is 0 Å². The maximum Gasteiger partial charge on any atom is 0.460 e. The van der Waals surface area contributed by atoms with E-state index in [1.807, 2.05) is 0 Å². The first-order chi connectivity index (χ1) is 13.9. The normalized spacial score (nSPS) is 16.3. The van der Waals surface area contributed by atoms with Crippen LogP contribution in [-0.2, 0) is 0 Å². The monoisotopic (exact) mass is 504 g/mol. The first-order valence-electron chi connectivity index (χ1n) is 7.97. The van der Waals surface area contributed by atoms with Gasteiger partial charge in [0.2, 0.25) is 0 Å². The molecule has 0 bridgehead atoms. The molecule has 1 N–H and O–H groups in total. The van der Waals surface area contributed by atoms with Crippen molar-refractivity contribution in [2.24, 2.45) is 0 Å². The van der Waals surface area contributed by atoms with Crippen LogP contribution in [0.25, 0.3) is 0 Å². The third-order valence-electron chi connectivity index (χ3n) is 4.39. The molecule has 1 unspecified atom stereocenters. The van der Waals surface area contributed by atoms with E-state index in [0.29, 0.717) is 0 Å². The van der Waals surface area contributed by atoms with E-state index in [4.69, 9.17) is 0 Å². The Hall–Kier alpha value is -1.87. The maximum atomic E-state index is 13.8. The van der Waals surface area contributed by atoms with E-state index in [0.717, 1.165) is 25.1 Å². The molecule has 0 radical (unpaired) electrons. The minimum Gasteiger partial charge on any atom is -0.388 e. The first-order valence-corrected chi connectivity index (χ1v) is 7.97. The molecule has 0 amide bonds. The minimum absolute atomic E-state index is 0.0902. The van der Waals surface area contributed by atoms with Crippen molar-refractivity contribution >= 4 is 0 Å². The predicted octanol–water partition coefficient (Wildman–Crippen LogP) is 6.79. The average molecular weight is 504 g/mol. The van der Waals surface area contributed by atoms with Gasteiger partial charge >= 0.3 is 41.7 Å². The molecule has 0 saturated carbocycles. The summed E-state index contributed by atoms with van der Waals surface area (Å²) in [6, 6.07) is 4.22. The second-order valence-corrected chi connectivity index (χ2v) is 6.65. The minimum atomic E-state index is -8.33. The van der Waals surface area contributed by atoms with Gasteiger partial charge in [-0.05, 0) is 18.1 Å². The topological polar surface area (TPSA) is 20.2 Å². The summed E-state index contributed by atoms with van der Waals surface area (Å²) in [6.45, 7) is 1.11. The van der Waals surface area contributed by atoms with Gasteiger partial charge in [0.15, 0.2) is 0 Å². The van der Waals surface area contributed by atoms with E-state index < -0.39 is 59.8 Å². The SMILES string of the molecule is Cc1ccccc1C(O)CC(F)(F)C(F)(F)C(F)(F)C(F)(F)C(F)(F)C(F)(F)C(F)(F)F. The van der Waals surface area contributed by atoms with Crippen molar-refractivity contribution in [3.63, 3.8) is 0 Å². The number of hydrogen-bond donors (Lipinski definition) is 1. The first kappa shape index (κ1) is 28.2. The van der Waals surface area contributed by atoms with Crippen LogP contribution in [0.4, 0.5) is 65.9 Å². The van der Waals surface area contributed by atoms with Gasteiger partial charge in [-0.2, -0.15) is 65.9 Å². The van der Waals surface area contributed by atoms with Crippen LogP contribution in [0.3, 0.4) is 0 Å². The van der Waals surface area contributed by atoms with Crippen LogP contribution in [-0.4, -0.2) is 46.8 Å². The Morgan fingerprint density at radius 2 is 1.00 bits per heavy atom. The quantitative estimate of drug-likeness (QED) is 0.387. The molecule has 1 atom stereocenters. The van der Waals surface area contributed by atoms with Gasteiger partial charge in [0.05, 0.1) is 6.10 Å². The highest BCUT2D eigenvalue weighted by Crippen LogP contribution is 2.63. The summed E-state index contributed by atoms with van der Waals surface area (Å²) in [5, 5.41) is 9.60. The summed E-state index contributed by atoms with van der Waals surface area (Å²) in [6.07, 6.45) is -13.2. The van der Waals surface area contributed by atoms with Crippen molar-refractivity contribution in [2.45, 2.75) is 61.2 Å². The predicted molar refractivity (Wildman–Crippen MR) is 76.5 cm³/mol. The van der Waals surface area contributed by atoms with Crippen LogP contribution < -0.4 is 0 Å². The molecule has 0 aromatic heterocycles. The van der Waals surface area contributed by atoms with E-state index in [1.165, 1.54) is 6.07 Å². The van der Waals surface area contributed by atoms with Crippen molar-refractivity contribution in [2.75, 3.05) is 0 Å². The zero-order chi connectivity index (χ0) is 25.8. The van der Waals surface area contributed by atoms with Gasteiger partial charge in [-0.1, -0.05) is 24.3 Å². The Morgan fingerprint density at radius 1 is 0.625 bits per heavy atom. The number of aliphatic hydroxyl groups is 1. The van der Waals surface area contributed by atoms with Crippen LogP contribution >= 0.6 is 0 Å². The lowest BCUT2D eigenvalue weighted by Gasteiger charge is -2.41. The molecule has 0 aliphatic carbocycles. The van der Waals surface area contributed by atoms with Crippen molar-refractivity contribution in [1.82, 2.24) is 0 Å². The zero-order valence-corrected chi connectivity index (χ0v) is 15.2. The van der Waals surface area contributed by atoms with Crippen molar-refractivity contribution in [3.8, 4) is 0 Å². The van der Waals surface area contributed by atoms with Gasteiger partial charge in [0.25, 0.3) is 0 Å². The Kier molecular flexibility index (Phi) is 6.92. The third kappa shape index (κ3) is 3.98. The van der Waals surface area contributed by atoms with Crippen molar-refractivity contribution in [3.05, 3.63) is 35.4 Å². The molecule has 1 rings (SSSR count). The molecule has 1 nitrogen and oxygen atoms in total. The smallest absolute Gasteiger partial charge is 0.388 e. The molecular formula is C16H11F15O. The van der Waals surface area contributed by atoms with E-state index in [-0.39, 0.29) is 5.56 Å². The highest BCUT2D eigenvalue weighted by atomic mass is 19.4. The van der Waals surface area contributed by atoms with Gasteiger partial charge in [-0.3, -0.25) is 0 Å². The molecule has 0 fully saturated rings. The Labute approximate surface area is 168 Å². The lowest BCUT2D eigenvalue weighted by Crippen LogP contribution is -2.72. The molecule has 32 heavy (non-hydrogen) atoms. The number of alkyl halides is 15. The maximum absolute atomic E-state index is 13.8. The number of hydrogen-bond acceptors (Lipinski definition) is 1. The average Bonchev–Trinajstić information content (AvgIpc) is 2.59. The van der Waals surface area contributed by atoms with E-state index >= 15 is 0 Å². The summed E-state index contributed by atoms with van der Waals surface area (Å²) in [5.41, 5.74) is -0.695. The highest BCUT2D eigenvalue weighted by Gasteiger charge is 2.93. The number of aliphatic hydroxyl groups excluding tert-OH is 1. The molecule has 0 aliphatic rings. The second-order valence-electron chi connectivity index (χ2n) is 6.65. The molecule has 1 aromatic carbocycles. The summed E-state index contributed by atoms with van der Waals surface area (Å²) >= 11 is 0. The van der Waals surface area contributed by atoms with Gasteiger partial charge < -0.3 is 5.11 Å². The lowest BCUT2D eigenvalue weighted by atomic mass is 9.88. The molecule has 0 aliphatic heterocycles. The van der Waals surface area contributed by atoms with Crippen LogP contribution in [0.5, 0.6) is 0 Å². The third-order valence-corrected chi connectivity index (χ3v) is 4.39. The summed E-state index contributed by atoms with van der Waals surface area (Å²) < 4.78 is 197. The molecule has 0 heterocycles. The fourth-order valence-electron chi connectivity index (χ4n) is 2.44. The molecule has 16 heteroatoms. The zero-order valence-electron chi connectivity index (χ0n) is 15.2. The molecule has 186 valence electrons. The number of rotatable bonds is 8. The van der Waals surface area contributed by atoms with E-state index in [9.17, 15) is 71.0 Å². The molecular weight excluding hydrogens is 493 g/mol. The van der Waals surface area contributed by atoms with Gasteiger partial charge in [-0.15, -0.1) is 0 Å². The number of benzene rings is 1. The molecule has 0 spiro atoms. The van der Waals surface area contributed by atoms with Crippen LogP contribution in [0.2, 0.25) is 0 Å². The largest absolute Gasteiger partial charge is 0.460 e. The van der Waals surface area contributed by atoms with E-state index in [1.54, 1.807) is 0 Å². The standard InChI is InChI=1S/C16H11F15O/c1-7-4-2-3-5-8(7)9(32)6-10(17,18)11(19,20)12(21,22)13(23,24)14(25,26)15(27,28)16(29,30)31/h2-5,9,32H,6H2,1H3. The second kappa shape index (κ2) is 7.87. The Bertz CT molecular complexity index is 812. The van der Waals surface area contributed by atoms with Gasteiger partial charge in [0, 0.05) is 6.42 Å². The number of aryl methyl sites for hydroxylation is 1. The van der Waals surface area contributed by atoms with Crippen LogP contribution in [0.1, 0.15) is 23.7 Å². The Balaban J connectivity index is 3.47. The van der Waals surface area contributed by atoms with Gasteiger partial charge in [-0.25, -0.2) is 0 Å². The highest BCUT2D eigenvalue weighted by molar-refractivity contribution is 5.28. The number of halogens is 15. The van der Waals surface area contributed by atoms with E-state index in [2.05, 4.69) is 0 Å². The summed E-state index contributed by atoms with van der Waals surface area (Å²) in [7, 11) is 0. The fraction of sp³-hybridized carbons (Fsp3) is 0.625. The van der Waals surface area contributed by atoms with Crippen molar-refractivity contribution < 1.29 is 71.0 Å².